The average molecular weight is 279 g/mol. The van der Waals surface area contributed by atoms with E-state index in [4.69, 9.17) is 5.84 Å². The molecule has 1 amide bonds. The fourth-order valence-electron chi connectivity index (χ4n) is 1.91. The Morgan fingerprint density at radius 2 is 2.00 bits per heavy atom. The van der Waals surface area contributed by atoms with Crippen molar-refractivity contribution in [1.82, 2.24) is 14.8 Å². The van der Waals surface area contributed by atoms with Crippen molar-refractivity contribution in [3.05, 3.63) is 23.4 Å². The van der Waals surface area contributed by atoms with E-state index in [1.165, 1.54) is 0 Å². The lowest BCUT2D eigenvalue weighted by Crippen LogP contribution is -2.30. The second-order valence-electron chi connectivity index (χ2n) is 5.11. The summed E-state index contributed by atoms with van der Waals surface area (Å²) in [5.41, 5.74) is 3.98. The maximum absolute atomic E-state index is 12.4. The van der Waals surface area contributed by atoms with Gasteiger partial charge in [0, 0.05) is 24.8 Å². The number of aryl methyl sites for hydroxylation is 1. The summed E-state index contributed by atoms with van der Waals surface area (Å²) in [7, 11) is 5.87. The van der Waals surface area contributed by atoms with Gasteiger partial charge in [-0.2, -0.15) is 0 Å². The zero-order valence-electron chi connectivity index (χ0n) is 12.8. The molecule has 3 N–H and O–H groups in total. The van der Waals surface area contributed by atoms with Crippen LogP contribution in [0.25, 0.3) is 0 Å². The molecule has 0 bridgehead atoms. The number of anilines is 1. The van der Waals surface area contributed by atoms with Gasteiger partial charge < -0.3 is 15.2 Å². The number of hydrogen-bond donors (Lipinski definition) is 2. The Hall–Kier alpha value is -1.66. The molecule has 0 radical (unpaired) electrons. The van der Waals surface area contributed by atoms with Crippen LogP contribution >= 0.6 is 0 Å². The molecule has 0 saturated carbocycles. The Bertz CT molecular complexity index is 425. The highest BCUT2D eigenvalue weighted by molar-refractivity contribution is 5.94. The summed E-state index contributed by atoms with van der Waals surface area (Å²) >= 11 is 0. The second kappa shape index (κ2) is 7.81. The minimum atomic E-state index is -0.00245. The number of rotatable bonds is 7. The van der Waals surface area contributed by atoms with E-state index < -0.39 is 0 Å². The molecule has 1 heterocycles. The van der Waals surface area contributed by atoms with E-state index in [1.54, 1.807) is 11.0 Å². The lowest BCUT2D eigenvalue weighted by atomic mass is 10.1. The minimum absolute atomic E-state index is 0.00245. The molecule has 6 nitrogen and oxygen atoms in total. The summed E-state index contributed by atoms with van der Waals surface area (Å²) in [6.07, 6.45) is 1.71. The highest BCUT2D eigenvalue weighted by Crippen LogP contribution is 2.12. The molecular formula is C14H25N5O. The lowest BCUT2D eigenvalue weighted by molar-refractivity contribution is 0.0790. The molecule has 0 saturated heterocycles. The Morgan fingerprint density at radius 3 is 2.55 bits per heavy atom. The summed E-state index contributed by atoms with van der Waals surface area (Å²) in [6, 6.07) is 3.51. The SMILES string of the molecule is CCc1cc(C(=O)N(C)CCCN(C)C)cc(NN)n1. The standard InChI is InChI=1S/C14H25N5O/c1-5-12-9-11(10-13(16-12)17-15)14(20)19(4)8-6-7-18(2)3/h9-10H,5-8,15H2,1-4H3,(H,16,17). The Kier molecular flexibility index (Phi) is 6.41. The molecule has 1 rings (SSSR count). The molecule has 20 heavy (non-hydrogen) atoms. The summed E-state index contributed by atoms with van der Waals surface area (Å²) in [5, 5.41) is 0. The van der Waals surface area contributed by atoms with Crippen LogP contribution in [0.3, 0.4) is 0 Å². The first-order valence-electron chi connectivity index (χ1n) is 6.85. The number of pyridine rings is 1. The maximum Gasteiger partial charge on any atom is 0.253 e. The second-order valence-corrected chi connectivity index (χ2v) is 5.11. The fourth-order valence-corrected chi connectivity index (χ4v) is 1.91. The summed E-state index contributed by atoms with van der Waals surface area (Å²) < 4.78 is 0. The zero-order valence-corrected chi connectivity index (χ0v) is 12.8. The highest BCUT2D eigenvalue weighted by atomic mass is 16.2. The van der Waals surface area contributed by atoms with Gasteiger partial charge in [-0.15, -0.1) is 0 Å². The summed E-state index contributed by atoms with van der Waals surface area (Å²) in [5.74, 6) is 5.91. The number of carbonyl (C=O) groups excluding carboxylic acids is 1. The van der Waals surface area contributed by atoms with Gasteiger partial charge in [0.05, 0.1) is 0 Å². The lowest BCUT2D eigenvalue weighted by Gasteiger charge is -2.19. The predicted octanol–water partition coefficient (Wildman–Crippen LogP) is 0.953. The van der Waals surface area contributed by atoms with Crippen molar-refractivity contribution in [2.75, 3.05) is 39.7 Å². The normalized spacial score (nSPS) is 10.7. The van der Waals surface area contributed by atoms with Crippen LogP contribution in [-0.2, 0) is 6.42 Å². The van der Waals surface area contributed by atoms with E-state index in [9.17, 15) is 4.79 Å². The number of hydrazine groups is 1. The minimum Gasteiger partial charge on any atom is -0.342 e. The quantitative estimate of drug-likeness (QED) is 0.574. The molecule has 0 aromatic carbocycles. The first kappa shape index (κ1) is 16.4. The molecule has 0 aliphatic carbocycles. The molecule has 0 spiro atoms. The third-order valence-electron chi connectivity index (χ3n) is 3.08. The first-order valence-corrected chi connectivity index (χ1v) is 6.85. The van der Waals surface area contributed by atoms with E-state index in [0.29, 0.717) is 11.4 Å². The predicted molar refractivity (Wildman–Crippen MR) is 81.6 cm³/mol. The van der Waals surface area contributed by atoms with E-state index >= 15 is 0 Å². The average Bonchev–Trinajstić information content (AvgIpc) is 2.45. The molecular weight excluding hydrogens is 254 g/mol. The van der Waals surface area contributed by atoms with Crippen LogP contribution in [0, 0.1) is 0 Å². The van der Waals surface area contributed by atoms with Crippen molar-refractivity contribution < 1.29 is 4.79 Å². The highest BCUT2D eigenvalue weighted by Gasteiger charge is 2.13. The fraction of sp³-hybridized carbons (Fsp3) is 0.571. The van der Waals surface area contributed by atoms with Gasteiger partial charge in [-0.05, 0) is 45.6 Å². The zero-order chi connectivity index (χ0) is 15.1. The van der Waals surface area contributed by atoms with Crippen molar-refractivity contribution >= 4 is 11.7 Å². The molecule has 6 heteroatoms. The third-order valence-corrected chi connectivity index (χ3v) is 3.08. The molecule has 0 fully saturated rings. The van der Waals surface area contributed by atoms with Crippen molar-refractivity contribution in [3.63, 3.8) is 0 Å². The van der Waals surface area contributed by atoms with Crippen molar-refractivity contribution in [2.24, 2.45) is 5.84 Å². The van der Waals surface area contributed by atoms with E-state index in [0.717, 1.165) is 31.6 Å². The molecule has 0 atom stereocenters. The third kappa shape index (κ3) is 4.79. The van der Waals surface area contributed by atoms with E-state index in [2.05, 4.69) is 15.3 Å². The van der Waals surface area contributed by atoms with Crippen molar-refractivity contribution in [1.29, 1.82) is 0 Å². The number of nitrogens with two attached hydrogens (primary N) is 1. The number of aromatic nitrogens is 1. The molecule has 0 unspecified atom stereocenters. The van der Waals surface area contributed by atoms with Gasteiger partial charge in [-0.25, -0.2) is 10.8 Å². The smallest absolute Gasteiger partial charge is 0.253 e. The van der Waals surface area contributed by atoms with Gasteiger partial charge >= 0.3 is 0 Å². The maximum atomic E-state index is 12.4. The number of nitrogens with one attached hydrogen (secondary N) is 1. The van der Waals surface area contributed by atoms with Crippen LogP contribution in [0.15, 0.2) is 12.1 Å². The molecule has 0 aliphatic rings. The monoisotopic (exact) mass is 279 g/mol. The molecule has 0 aliphatic heterocycles. The van der Waals surface area contributed by atoms with Crippen LogP contribution in [0.2, 0.25) is 0 Å². The van der Waals surface area contributed by atoms with Gasteiger partial charge in [0.2, 0.25) is 0 Å². The number of nitrogens with zero attached hydrogens (tertiary/aromatic N) is 3. The van der Waals surface area contributed by atoms with Gasteiger partial charge in [0.25, 0.3) is 5.91 Å². The number of hydrogen-bond acceptors (Lipinski definition) is 5. The molecule has 1 aromatic rings. The van der Waals surface area contributed by atoms with Gasteiger partial charge in [0.15, 0.2) is 0 Å². The van der Waals surface area contributed by atoms with Crippen molar-refractivity contribution in [3.8, 4) is 0 Å². The first-order chi connectivity index (χ1) is 9.47. The molecule has 1 aromatic heterocycles. The number of carbonyl (C=O) groups is 1. The van der Waals surface area contributed by atoms with Gasteiger partial charge in [0.1, 0.15) is 5.82 Å². The topological polar surface area (TPSA) is 74.5 Å². The summed E-state index contributed by atoms with van der Waals surface area (Å²) in [6.45, 7) is 3.69. The summed E-state index contributed by atoms with van der Waals surface area (Å²) in [4.78, 5) is 20.5. The van der Waals surface area contributed by atoms with Crippen LogP contribution < -0.4 is 11.3 Å². The van der Waals surface area contributed by atoms with E-state index in [1.807, 2.05) is 34.1 Å². The van der Waals surface area contributed by atoms with Crippen LogP contribution in [0.5, 0.6) is 0 Å². The van der Waals surface area contributed by atoms with Crippen LogP contribution in [-0.4, -0.2) is 54.9 Å². The van der Waals surface area contributed by atoms with E-state index in [-0.39, 0.29) is 5.91 Å². The Labute approximate surface area is 120 Å². The number of nitrogen functional groups attached to an aromatic ring is 1. The van der Waals surface area contributed by atoms with Crippen molar-refractivity contribution in [2.45, 2.75) is 19.8 Å². The largest absolute Gasteiger partial charge is 0.342 e. The van der Waals surface area contributed by atoms with Crippen LogP contribution in [0.1, 0.15) is 29.4 Å². The Balaban J connectivity index is 2.75. The molecule has 112 valence electrons. The van der Waals surface area contributed by atoms with Gasteiger partial charge in [-0.1, -0.05) is 6.92 Å². The van der Waals surface area contributed by atoms with Crippen LogP contribution in [0.4, 0.5) is 5.82 Å². The Morgan fingerprint density at radius 1 is 1.30 bits per heavy atom. The van der Waals surface area contributed by atoms with Gasteiger partial charge in [-0.3, -0.25) is 4.79 Å². The number of amides is 1.